The van der Waals surface area contributed by atoms with Crippen molar-refractivity contribution in [3.8, 4) is 0 Å². The van der Waals surface area contributed by atoms with Crippen LogP contribution in [-0.2, 0) is 17.6 Å². The largest absolute Gasteiger partial charge is 0.361 e. The van der Waals surface area contributed by atoms with E-state index in [0.717, 1.165) is 12.1 Å². The quantitative estimate of drug-likeness (QED) is 0.735. The molecule has 0 atom stereocenters. The van der Waals surface area contributed by atoms with E-state index < -0.39 is 0 Å². The molecule has 0 saturated carbocycles. The lowest BCUT2D eigenvalue weighted by Crippen LogP contribution is -2.25. The SMILES string of the molecule is Cc1cccc2c(CCNC(=O)CCc3cnccn3)c[nH]c12. The van der Waals surface area contributed by atoms with E-state index in [1.54, 1.807) is 18.6 Å². The molecule has 0 aliphatic carbocycles. The summed E-state index contributed by atoms with van der Waals surface area (Å²) < 4.78 is 0. The lowest BCUT2D eigenvalue weighted by Gasteiger charge is -2.05. The number of H-pyrrole nitrogens is 1. The third kappa shape index (κ3) is 3.74. The predicted molar refractivity (Wildman–Crippen MR) is 90.1 cm³/mol. The molecule has 0 aliphatic heterocycles. The van der Waals surface area contributed by atoms with Crippen molar-refractivity contribution in [3.05, 3.63) is 59.8 Å². The number of fused-ring (bicyclic) bond motifs is 1. The van der Waals surface area contributed by atoms with Crippen LogP contribution in [0.5, 0.6) is 0 Å². The van der Waals surface area contributed by atoms with Crippen LogP contribution in [0.2, 0.25) is 0 Å². The first-order valence-corrected chi connectivity index (χ1v) is 7.81. The molecular weight excluding hydrogens is 288 g/mol. The molecular formula is C18H20N4O. The summed E-state index contributed by atoms with van der Waals surface area (Å²) in [7, 11) is 0. The number of benzene rings is 1. The average Bonchev–Trinajstić information content (AvgIpc) is 2.99. The number of aromatic nitrogens is 3. The first kappa shape index (κ1) is 15.2. The molecule has 1 aromatic carbocycles. The third-order valence-electron chi connectivity index (χ3n) is 3.95. The maximum atomic E-state index is 11.9. The molecule has 2 aromatic heterocycles. The molecule has 2 N–H and O–H groups in total. The van der Waals surface area contributed by atoms with E-state index in [9.17, 15) is 4.79 Å². The number of hydrogen-bond acceptors (Lipinski definition) is 3. The fraction of sp³-hybridized carbons (Fsp3) is 0.278. The van der Waals surface area contributed by atoms with Gasteiger partial charge in [0.2, 0.25) is 5.91 Å². The van der Waals surface area contributed by atoms with Crippen molar-refractivity contribution in [2.24, 2.45) is 0 Å². The molecule has 5 heteroatoms. The minimum atomic E-state index is 0.0478. The zero-order valence-corrected chi connectivity index (χ0v) is 13.2. The molecule has 2 heterocycles. The highest BCUT2D eigenvalue weighted by atomic mass is 16.1. The first-order chi connectivity index (χ1) is 11.2. The molecule has 0 fully saturated rings. The van der Waals surface area contributed by atoms with E-state index in [-0.39, 0.29) is 5.91 Å². The van der Waals surface area contributed by atoms with Crippen molar-refractivity contribution >= 4 is 16.8 Å². The lowest BCUT2D eigenvalue weighted by atomic mass is 10.1. The highest BCUT2D eigenvalue weighted by Gasteiger charge is 2.07. The van der Waals surface area contributed by atoms with Gasteiger partial charge in [0.1, 0.15) is 0 Å². The smallest absolute Gasteiger partial charge is 0.220 e. The molecule has 5 nitrogen and oxygen atoms in total. The molecule has 3 aromatic rings. The second-order valence-corrected chi connectivity index (χ2v) is 5.61. The van der Waals surface area contributed by atoms with Crippen LogP contribution in [0.15, 0.2) is 43.0 Å². The van der Waals surface area contributed by atoms with Crippen molar-refractivity contribution in [2.45, 2.75) is 26.2 Å². The Hall–Kier alpha value is -2.69. The zero-order valence-electron chi connectivity index (χ0n) is 13.2. The Balaban J connectivity index is 1.49. The number of nitrogens with zero attached hydrogens (tertiary/aromatic N) is 2. The topological polar surface area (TPSA) is 70.7 Å². The van der Waals surface area contributed by atoms with Gasteiger partial charge in [0.05, 0.1) is 5.69 Å². The highest BCUT2D eigenvalue weighted by molar-refractivity contribution is 5.86. The Kier molecular flexibility index (Phi) is 4.66. The number of amides is 1. The van der Waals surface area contributed by atoms with Crippen LogP contribution >= 0.6 is 0 Å². The van der Waals surface area contributed by atoms with Crippen molar-refractivity contribution in [3.63, 3.8) is 0 Å². The number of aryl methyl sites for hydroxylation is 2. The molecule has 0 saturated heterocycles. The van der Waals surface area contributed by atoms with Gasteiger partial charge in [0.25, 0.3) is 0 Å². The van der Waals surface area contributed by atoms with Crippen molar-refractivity contribution in [1.82, 2.24) is 20.3 Å². The van der Waals surface area contributed by atoms with Gasteiger partial charge < -0.3 is 10.3 Å². The Labute approximate surface area is 135 Å². The predicted octanol–water partition coefficient (Wildman–Crippen LogP) is 2.56. The van der Waals surface area contributed by atoms with Crippen LogP contribution in [0.25, 0.3) is 10.9 Å². The maximum Gasteiger partial charge on any atom is 0.220 e. The molecule has 0 radical (unpaired) electrons. The second-order valence-electron chi connectivity index (χ2n) is 5.61. The fourth-order valence-corrected chi connectivity index (χ4v) is 2.70. The Morgan fingerprint density at radius 2 is 2.17 bits per heavy atom. The Bertz CT molecular complexity index is 795. The number of carbonyl (C=O) groups is 1. The number of aromatic amines is 1. The molecule has 3 rings (SSSR count). The monoisotopic (exact) mass is 308 g/mol. The summed E-state index contributed by atoms with van der Waals surface area (Å²) in [6.45, 7) is 2.73. The van der Waals surface area contributed by atoms with E-state index in [1.807, 2.05) is 6.20 Å². The lowest BCUT2D eigenvalue weighted by molar-refractivity contribution is -0.121. The summed E-state index contributed by atoms with van der Waals surface area (Å²) in [5.41, 5.74) is 4.49. The van der Waals surface area contributed by atoms with Gasteiger partial charge in [-0.1, -0.05) is 18.2 Å². The van der Waals surface area contributed by atoms with E-state index in [2.05, 4.69) is 45.4 Å². The van der Waals surface area contributed by atoms with Crippen LogP contribution in [-0.4, -0.2) is 27.4 Å². The number of para-hydroxylation sites is 1. The van der Waals surface area contributed by atoms with Gasteiger partial charge in [-0.2, -0.15) is 0 Å². The average molecular weight is 308 g/mol. The summed E-state index contributed by atoms with van der Waals surface area (Å²) in [5.74, 6) is 0.0478. The molecule has 0 unspecified atom stereocenters. The molecule has 1 amide bonds. The summed E-state index contributed by atoms with van der Waals surface area (Å²) in [4.78, 5) is 23.4. The fourth-order valence-electron chi connectivity index (χ4n) is 2.70. The van der Waals surface area contributed by atoms with Crippen molar-refractivity contribution < 1.29 is 4.79 Å². The Morgan fingerprint density at radius 1 is 1.26 bits per heavy atom. The van der Waals surface area contributed by atoms with Crippen molar-refractivity contribution in [2.75, 3.05) is 6.54 Å². The number of hydrogen-bond donors (Lipinski definition) is 2. The Morgan fingerprint density at radius 3 is 3.00 bits per heavy atom. The van der Waals surface area contributed by atoms with Gasteiger partial charge in [-0.05, 0) is 30.9 Å². The molecule has 0 bridgehead atoms. The van der Waals surface area contributed by atoms with E-state index >= 15 is 0 Å². The number of carbonyl (C=O) groups excluding carboxylic acids is 1. The third-order valence-corrected chi connectivity index (χ3v) is 3.95. The van der Waals surface area contributed by atoms with Crippen LogP contribution in [0.1, 0.15) is 23.2 Å². The van der Waals surface area contributed by atoms with Gasteiger partial charge in [-0.3, -0.25) is 14.8 Å². The van der Waals surface area contributed by atoms with E-state index in [1.165, 1.54) is 22.0 Å². The number of nitrogens with one attached hydrogen (secondary N) is 2. The zero-order chi connectivity index (χ0) is 16.1. The second kappa shape index (κ2) is 7.05. The summed E-state index contributed by atoms with van der Waals surface area (Å²) in [6.07, 6.45) is 8.88. The van der Waals surface area contributed by atoms with Crippen molar-refractivity contribution in [1.29, 1.82) is 0 Å². The standard InChI is InChI=1S/C18H20N4O/c1-13-3-2-4-16-14(11-22-18(13)16)7-8-21-17(23)6-5-15-12-19-9-10-20-15/h2-4,9-12,22H,5-8H2,1H3,(H,21,23). The van der Waals surface area contributed by atoms with Gasteiger partial charge in [0, 0.05) is 48.7 Å². The summed E-state index contributed by atoms with van der Waals surface area (Å²) in [6, 6.07) is 6.27. The molecule has 0 aliphatic rings. The molecule has 23 heavy (non-hydrogen) atoms. The number of rotatable bonds is 6. The van der Waals surface area contributed by atoms with Crippen LogP contribution in [0.3, 0.4) is 0 Å². The minimum absolute atomic E-state index is 0.0478. The van der Waals surface area contributed by atoms with Crippen LogP contribution in [0, 0.1) is 6.92 Å². The summed E-state index contributed by atoms with van der Waals surface area (Å²) in [5, 5.41) is 4.20. The maximum absolute atomic E-state index is 11.9. The minimum Gasteiger partial charge on any atom is -0.361 e. The first-order valence-electron chi connectivity index (χ1n) is 7.81. The van der Waals surface area contributed by atoms with Gasteiger partial charge in [-0.25, -0.2) is 0 Å². The normalized spacial score (nSPS) is 10.8. The van der Waals surface area contributed by atoms with Gasteiger partial charge in [-0.15, -0.1) is 0 Å². The van der Waals surface area contributed by atoms with Gasteiger partial charge in [0.15, 0.2) is 0 Å². The van der Waals surface area contributed by atoms with E-state index in [4.69, 9.17) is 0 Å². The van der Waals surface area contributed by atoms with E-state index in [0.29, 0.717) is 19.4 Å². The van der Waals surface area contributed by atoms with Crippen LogP contribution in [0.4, 0.5) is 0 Å². The highest BCUT2D eigenvalue weighted by Crippen LogP contribution is 2.21. The molecule has 0 spiro atoms. The summed E-state index contributed by atoms with van der Waals surface area (Å²) >= 11 is 0. The van der Waals surface area contributed by atoms with Crippen LogP contribution < -0.4 is 5.32 Å². The van der Waals surface area contributed by atoms with Gasteiger partial charge >= 0.3 is 0 Å². The molecule has 118 valence electrons.